The molecule has 18 heavy (non-hydrogen) atoms. The predicted molar refractivity (Wildman–Crippen MR) is 75.2 cm³/mol. The summed E-state index contributed by atoms with van der Waals surface area (Å²) in [4.78, 5) is 2.28. The van der Waals surface area contributed by atoms with Crippen LogP contribution in [0, 0.1) is 5.82 Å². The van der Waals surface area contributed by atoms with Gasteiger partial charge in [0, 0.05) is 22.6 Å². The van der Waals surface area contributed by atoms with Gasteiger partial charge in [0.2, 0.25) is 0 Å². The van der Waals surface area contributed by atoms with Crippen LogP contribution in [0.2, 0.25) is 0 Å². The van der Waals surface area contributed by atoms with E-state index in [4.69, 9.17) is 5.73 Å². The zero-order chi connectivity index (χ0) is 12.7. The first-order valence-electron chi connectivity index (χ1n) is 6.64. The van der Waals surface area contributed by atoms with Crippen LogP contribution in [0.5, 0.6) is 0 Å². The van der Waals surface area contributed by atoms with Gasteiger partial charge in [0.05, 0.1) is 5.69 Å². The van der Waals surface area contributed by atoms with Crippen molar-refractivity contribution in [3.05, 3.63) is 28.5 Å². The lowest BCUT2D eigenvalue weighted by atomic mass is 9.81. The van der Waals surface area contributed by atoms with Crippen molar-refractivity contribution in [3.63, 3.8) is 0 Å². The zero-order valence-electron chi connectivity index (χ0n) is 10.3. The van der Waals surface area contributed by atoms with Crippen LogP contribution in [0.3, 0.4) is 0 Å². The van der Waals surface area contributed by atoms with Crippen molar-refractivity contribution < 1.29 is 4.39 Å². The molecule has 2 unspecified atom stereocenters. The van der Waals surface area contributed by atoms with Crippen LogP contribution in [0.15, 0.2) is 22.7 Å². The Hall–Kier alpha value is -0.610. The second-order valence-corrected chi connectivity index (χ2v) is 6.39. The molecule has 2 aliphatic heterocycles. The fourth-order valence-electron chi connectivity index (χ4n) is 3.50. The number of rotatable bonds is 1. The molecule has 1 aromatic rings. The highest BCUT2D eigenvalue weighted by Gasteiger charge is 2.38. The Bertz CT molecular complexity index is 437. The Balaban J connectivity index is 1.97. The first-order chi connectivity index (χ1) is 8.65. The van der Waals surface area contributed by atoms with Crippen LogP contribution in [0.25, 0.3) is 0 Å². The Labute approximate surface area is 115 Å². The molecule has 1 aromatic carbocycles. The van der Waals surface area contributed by atoms with Crippen LogP contribution < -0.4 is 10.6 Å². The topological polar surface area (TPSA) is 29.3 Å². The Kier molecular flexibility index (Phi) is 3.32. The minimum Gasteiger partial charge on any atom is -0.363 e. The Morgan fingerprint density at radius 1 is 1.22 bits per heavy atom. The summed E-state index contributed by atoms with van der Waals surface area (Å²) in [5.41, 5.74) is 6.85. The van der Waals surface area contributed by atoms with Crippen molar-refractivity contribution in [1.82, 2.24) is 0 Å². The van der Waals surface area contributed by atoms with Crippen molar-refractivity contribution in [1.29, 1.82) is 0 Å². The van der Waals surface area contributed by atoms with E-state index in [2.05, 4.69) is 20.8 Å². The fourth-order valence-corrected chi connectivity index (χ4v) is 3.85. The van der Waals surface area contributed by atoms with Gasteiger partial charge in [-0.25, -0.2) is 4.39 Å². The Morgan fingerprint density at radius 2 is 1.89 bits per heavy atom. The van der Waals surface area contributed by atoms with Crippen molar-refractivity contribution in [2.45, 2.75) is 50.2 Å². The van der Waals surface area contributed by atoms with Crippen LogP contribution in [0.4, 0.5) is 10.1 Å². The van der Waals surface area contributed by atoms with E-state index in [1.165, 1.54) is 6.42 Å². The van der Waals surface area contributed by atoms with Gasteiger partial charge >= 0.3 is 0 Å². The molecule has 0 radical (unpaired) electrons. The summed E-state index contributed by atoms with van der Waals surface area (Å²) in [5.74, 6) is -0.120. The van der Waals surface area contributed by atoms with Crippen LogP contribution in [-0.2, 0) is 0 Å². The molecule has 0 aliphatic carbocycles. The van der Waals surface area contributed by atoms with Crippen molar-refractivity contribution in [3.8, 4) is 0 Å². The van der Waals surface area contributed by atoms with Crippen molar-refractivity contribution >= 4 is 21.6 Å². The molecule has 98 valence electrons. The number of piperidine rings is 2. The van der Waals surface area contributed by atoms with Gasteiger partial charge in [-0.15, -0.1) is 0 Å². The van der Waals surface area contributed by atoms with Gasteiger partial charge < -0.3 is 10.6 Å². The van der Waals surface area contributed by atoms with E-state index in [9.17, 15) is 4.39 Å². The molecule has 2 heterocycles. The molecule has 0 spiro atoms. The SMILES string of the molecule is NC1CC2CCCC(C1)N2c1cc(Br)ccc1F. The molecule has 2 nitrogen and oxygen atoms in total. The Morgan fingerprint density at radius 3 is 2.56 bits per heavy atom. The van der Waals surface area contributed by atoms with Gasteiger partial charge in [0.1, 0.15) is 5.82 Å². The van der Waals surface area contributed by atoms with Gasteiger partial charge in [-0.05, 0) is 50.3 Å². The second kappa shape index (κ2) is 4.82. The van der Waals surface area contributed by atoms with E-state index in [1.54, 1.807) is 12.1 Å². The molecule has 2 fully saturated rings. The normalized spacial score (nSPS) is 31.5. The van der Waals surface area contributed by atoms with Gasteiger partial charge in [-0.3, -0.25) is 0 Å². The molecule has 3 rings (SSSR count). The lowest BCUT2D eigenvalue weighted by Gasteiger charge is -2.49. The van der Waals surface area contributed by atoms with Crippen LogP contribution in [-0.4, -0.2) is 18.1 Å². The second-order valence-electron chi connectivity index (χ2n) is 5.47. The summed E-state index contributed by atoms with van der Waals surface area (Å²) in [6.07, 6.45) is 5.49. The summed E-state index contributed by atoms with van der Waals surface area (Å²) in [6.45, 7) is 0. The fraction of sp³-hybridized carbons (Fsp3) is 0.571. The van der Waals surface area contributed by atoms with Crippen molar-refractivity contribution in [2.24, 2.45) is 5.73 Å². The summed E-state index contributed by atoms with van der Waals surface area (Å²) in [5, 5.41) is 0. The lowest BCUT2D eigenvalue weighted by molar-refractivity contribution is 0.269. The number of nitrogens with zero attached hydrogens (tertiary/aromatic N) is 1. The average molecular weight is 313 g/mol. The predicted octanol–water partition coefficient (Wildman–Crippen LogP) is 3.44. The first-order valence-corrected chi connectivity index (χ1v) is 7.43. The molecule has 0 aromatic heterocycles. The van der Waals surface area contributed by atoms with Gasteiger partial charge in [-0.2, -0.15) is 0 Å². The number of hydrogen-bond donors (Lipinski definition) is 1. The van der Waals surface area contributed by atoms with Crippen molar-refractivity contribution in [2.75, 3.05) is 4.90 Å². The minimum atomic E-state index is -0.120. The molecule has 0 amide bonds. The van der Waals surface area contributed by atoms with E-state index in [-0.39, 0.29) is 11.9 Å². The van der Waals surface area contributed by atoms with Crippen LogP contribution in [0.1, 0.15) is 32.1 Å². The summed E-state index contributed by atoms with van der Waals surface area (Å²) in [7, 11) is 0. The number of fused-ring (bicyclic) bond motifs is 2. The molecule has 4 heteroatoms. The molecule has 0 saturated carbocycles. The third-order valence-corrected chi connectivity index (χ3v) is 4.69. The number of halogens is 2. The number of benzene rings is 1. The van der Waals surface area contributed by atoms with E-state index in [0.29, 0.717) is 12.1 Å². The highest BCUT2D eigenvalue weighted by atomic mass is 79.9. The third kappa shape index (κ3) is 2.16. The van der Waals surface area contributed by atoms with E-state index in [0.717, 1.165) is 35.8 Å². The van der Waals surface area contributed by atoms with Gasteiger partial charge in [-0.1, -0.05) is 15.9 Å². The first kappa shape index (κ1) is 12.4. The maximum atomic E-state index is 14.1. The number of nitrogens with two attached hydrogens (primary N) is 1. The molecule has 2 atom stereocenters. The highest BCUT2D eigenvalue weighted by molar-refractivity contribution is 9.10. The smallest absolute Gasteiger partial charge is 0.146 e. The van der Waals surface area contributed by atoms with Gasteiger partial charge in [0.25, 0.3) is 0 Å². The molecule has 2 N–H and O–H groups in total. The molecule has 2 saturated heterocycles. The van der Waals surface area contributed by atoms with E-state index in [1.807, 2.05) is 6.07 Å². The third-order valence-electron chi connectivity index (χ3n) is 4.20. The summed E-state index contributed by atoms with van der Waals surface area (Å²) >= 11 is 3.44. The van der Waals surface area contributed by atoms with E-state index >= 15 is 0 Å². The zero-order valence-corrected chi connectivity index (χ0v) is 11.9. The molecular formula is C14H18BrFN2. The minimum absolute atomic E-state index is 0.120. The molecule has 2 bridgehead atoms. The van der Waals surface area contributed by atoms with E-state index < -0.39 is 0 Å². The largest absolute Gasteiger partial charge is 0.363 e. The lowest BCUT2D eigenvalue weighted by Crippen LogP contribution is -2.55. The summed E-state index contributed by atoms with van der Waals surface area (Å²) < 4.78 is 15.0. The monoisotopic (exact) mass is 312 g/mol. The summed E-state index contributed by atoms with van der Waals surface area (Å²) in [6, 6.07) is 6.31. The van der Waals surface area contributed by atoms with Crippen LogP contribution >= 0.6 is 15.9 Å². The number of anilines is 1. The number of hydrogen-bond acceptors (Lipinski definition) is 2. The quantitative estimate of drug-likeness (QED) is 0.860. The van der Waals surface area contributed by atoms with Gasteiger partial charge in [0.15, 0.2) is 0 Å². The average Bonchev–Trinajstić information content (AvgIpc) is 2.31. The highest BCUT2D eigenvalue weighted by Crippen LogP contribution is 2.39. The standard InChI is InChI=1S/C14H18BrFN2/c15-9-4-5-13(16)14(6-9)18-11-2-1-3-12(18)8-10(17)7-11/h4-6,10-12H,1-3,7-8,17H2. The molecular weight excluding hydrogens is 295 g/mol. The maximum absolute atomic E-state index is 14.1. The maximum Gasteiger partial charge on any atom is 0.146 e. The molecule has 2 aliphatic rings.